The lowest BCUT2D eigenvalue weighted by Crippen LogP contribution is -1.83. The van der Waals surface area contributed by atoms with Gasteiger partial charge in [-0.1, -0.05) is 12.1 Å². The zero-order chi connectivity index (χ0) is 11.2. The minimum absolute atomic E-state index is 0.907. The van der Waals surface area contributed by atoms with Gasteiger partial charge in [0.15, 0.2) is 0 Å². The second-order valence-electron chi connectivity index (χ2n) is 3.82. The van der Waals surface area contributed by atoms with Gasteiger partial charge in [-0.05, 0) is 24.3 Å². The van der Waals surface area contributed by atoms with Gasteiger partial charge in [0, 0.05) is 6.20 Å². The average molecular weight is 237 g/mol. The fraction of sp³-hybridized carbons (Fsp3) is 0. The molecular weight excluding hydrogens is 230 g/mol. The van der Waals surface area contributed by atoms with Crippen LogP contribution in [0.5, 0.6) is 0 Å². The summed E-state index contributed by atoms with van der Waals surface area (Å²) < 4.78 is 1.14. The van der Waals surface area contributed by atoms with E-state index in [1.165, 1.54) is 0 Å². The molecule has 0 N–H and O–H groups in total. The molecule has 4 aromatic rings. The van der Waals surface area contributed by atoms with Crippen LogP contribution in [0.2, 0.25) is 0 Å². The van der Waals surface area contributed by atoms with Crippen molar-refractivity contribution in [1.29, 1.82) is 0 Å². The number of nitrogens with zero attached hydrogens (tertiary/aromatic N) is 3. The van der Waals surface area contributed by atoms with Crippen LogP contribution in [0, 0.1) is 0 Å². The average Bonchev–Trinajstić information content (AvgIpc) is 2.73. The molecule has 0 aliphatic rings. The Hall–Kier alpha value is -2.07. The van der Waals surface area contributed by atoms with Gasteiger partial charge in [0.05, 0.1) is 15.7 Å². The molecule has 0 aliphatic heterocycles. The molecule has 0 bridgehead atoms. The maximum absolute atomic E-state index is 4.65. The standard InChI is InChI=1S/C13H7N3S/c1-2-5-9-8(4-1)15-12-11-10(6-3-7-14-11)17-13(12)16-9/h1-7H. The number of rotatable bonds is 0. The molecule has 0 radical (unpaired) electrons. The molecule has 3 aromatic heterocycles. The van der Waals surface area contributed by atoms with Crippen LogP contribution in [0.25, 0.3) is 31.6 Å². The van der Waals surface area contributed by atoms with Gasteiger partial charge in [-0.2, -0.15) is 0 Å². The minimum atomic E-state index is 0.907. The first-order chi connectivity index (χ1) is 8.42. The summed E-state index contributed by atoms with van der Waals surface area (Å²) in [6.45, 7) is 0. The quantitative estimate of drug-likeness (QED) is 0.470. The fourth-order valence-corrected chi connectivity index (χ4v) is 2.95. The summed E-state index contributed by atoms with van der Waals surface area (Å²) in [5, 5.41) is 0. The van der Waals surface area contributed by atoms with Gasteiger partial charge in [-0.3, -0.25) is 4.98 Å². The van der Waals surface area contributed by atoms with Crippen LogP contribution in [-0.2, 0) is 0 Å². The predicted molar refractivity (Wildman–Crippen MR) is 70.2 cm³/mol. The molecule has 0 saturated carbocycles. The maximum Gasteiger partial charge on any atom is 0.145 e. The van der Waals surface area contributed by atoms with Gasteiger partial charge in [0.25, 0.3) is 0 Å². The molecule has 0 unspecified atom stereocenters. The number of fused-ring (bicyclic) bond motifs is 4. The van der Waals surface area contributed by atoms with Crippen molar-refractivity contribution in [3.8, 4) is 0 Å². The van der Waals surface area contributed by atoms with Crippen LogP contribution in [0.1, 0.15) is 0 Å². The van der Waals surface area contributed by atoms with Crippen LogP contribution in [0.4, 0.5) is 0 Å². The summed E-state index contributed by atoms with van der Waals surface area (Å²) in [4.78, 5) is 14.6. The van der Waals surface area contributed by atoms with Gasteiger partial charge < -0.3 is 0 Å². The van der Waals surface area contributed by atoms with Crippen molar-refractivity contribution in [2.45, 2.75) is 0 Å². The molecule has 0 amide bonds. The second-order valence-corrected chi connectivity index (χ2v) is 4.85. The van der Waals surface area contributed by atoms with E-state index < -0.39 is 0 Å². The van der Waals surface area contributed by atoms with Crippen molar-refractivity contribution >= 4 is 42.9 Å². The zero-order valence-corrected chi connectivity index (χ0v) is 9.61. The van der Waals surface area contributed by atoms with E-state index in [4.69, 9.17) is 0 Å². The molecule has 80 valence electrons. The molecular formula is C13H7N3S. The Morgan fingerprint density at radius 2 is 1.65 bits per heavy atom. The van der Waals surface area contributed by atoms with Gasteiger partial charge in [-0.15, -0.1) is 11.3 Å². The van der Waals surface area contributed by atoms with Gasteiger partial charge in [0.1, 0.15) is 15.9 Å². The predicted octanol–water partition coefficient (Wildman–Crippen LogP) is 3.39. The Kier molecular flexibility index (Phi) is 1.70. The monoisotopic (exact) mass is 237 g/mol. The highest BCUT2D eigenvalue weighted by Crippen LogP contribution is 2.30. The van der Waals surface area contributed by atoms with E-state index in [0.717, 1.165) is 31.6 Å². The Morgan fingerprint density at radius 1 is 0.824 bits per heavy atom. The summed E-state index contributed by atoms with van der Waals surface area (Å²) in [6, 6.07) is 11.9. The summed E-state index contributed by atoms with van der Waals surface area (Å²) in [5.41, 5.74) is 3.71. The highest BCUT2D eigenvalue weighted by atomic mass is 32.1. The van der Waals surface area contributed by atoms with E-state index in [-0.39, 0.29) is 0 Å². The van der Waals surface area contributed by atoms with Crippen LogP contribution < -0.4 is 0 Å². The van der Waals surface area contributed by atoms with Crippen molar-refractivity contribution in [2.75, 3.05) is 0 Å². The van der Waals surface area contributed by atoms with Gasteiger partial charge in [-0.25, -0.2) is 9.97 Å². The lowest BCUT2D eigenvalue weighted by molar-refractivity contribution is 1.39. The number of pyridine rings is 1. The lowest BCUT2D eigenvalue weighted by Gasteiger charge is -1.95. The Morgan fingerprint density at radius 3 is 2.53 bits per heavy atom. The van der Waals surface area contributed by atoms with Crippen LogP contribution in [-0.4, -0.2) is 15.0 Å². The molecule has 0 aliphatic carbocycles. The first-order valence-corrected chi connectivity index (χ1v) is 6.13. The molecule has 3 heterocycles. The Bertz CT molecular complexity index is 845. The van der Waals surface area contributed by atoms with Crippen LogP contribution in [0.15, 0.2) is 42.6 Å². The molecule has 4 rings (SSSR count). The maximum atomic E-state index is 4.65. The van der Waals surface area contributed by atoms with Crippen LogP contribution in [0.3, 0.4) is 0 Å². The number of thiophene rings is 1. The van der Waals surface area contributed by atoms with E-state index in [1.807, 2.05) is 30.3 Å². The number of benzene rings is 1. The normalized spacial score (nSPS) is 11.5. The second kappa shape index (κ2) is 3.21. The van der Waals surface area contributed by atoms with Crippen molar-refractivity contribution in [3.63, 3.8) is 0 Å². The minimum Gasteiger partial charge on any atom is -0.253 e. The van der Waals surface area contributed by atoms with E-state index in [0.29, 0.717) is 0 Å². The molecule has 0 fully saturated rings. The number of aromatic nitrogens is 3. The fourth-order valence-electron chi connectivity index (χ4n) is 1.96. The highest BCUT2D eigenvalue weighted by Gasteiger charge is 2.09. The molecule has 3 nitrogen and oxygen atoms in total. The van der Waals surface area contributed by atoms with Crippen molar-refractivity contribution in [1.82, 2.24) is 15.0 Å². The third-order valence-corrected chi connectivity index (χ3v) is 3.77. The number of para-hydroxylation sites is 2. The Balaban J connectivity index is 2.28. The van der Waals surface area contributed by atoms with E-state index in [1.54, 1.807) is 17.5 Å². The van der Waals surface area contributed by atoms with Crippen LogP contribution >= 0.6 is 11.3 Å². The van der Waals surface area contributed by atoms with E-state index in [9.17, 15) is 0 Å². The first-order valence-electron chi connectivity index (χ1n) is 5.32. The molecule has 1 aromatic carbocycles. The molecule has 4 heteroatoms. The Labute approximate surface area is 101 Å². The zero-order valence-electron chi connectivity index (χ0n) is 8.79. The number of hydrogen-bond acceptors (Lipinski definition) is 4. The summed E-state index contributed by atoms with van der Waals surface area (Å²) in [7, 11) is 0. The molecule has 17 heavy (non-hydrogen) atoms. The molecule has 0 saturated heterocycles. The van der Waals surface area contributed by atoms with E-state index in [2.05, 4.69) is 21.0 Å². The van der Waals surface area contributed by atoms with Crippen molar-refractivity contribution in [2.24, 2.45) is 0 Å². The highest BCUT2D eigenvalue weighted by molar-refractivity contribution is 7.25. The summed E-state index contributed by atoms with van der Waals surface area (Å²) in [5.74, 6) is 0. The number of hydrogen-bond donors (Lipinski definition) is 0. The van der Waals surface area contributed by atoms with Gasteiger partial charge >= 0.3 is 0 Å². The van der Waals surface area contributed by atoms with E-state index >= 15 is 0 Å². The van der Waals surface area contributed by atoms with Crippen molar-refractivity contribution < 1.29 is 0 Å². The largest absolute Gasteiger partial charge is 0.253 e. The summed E-state index contributed by atoms with van der Waals surface area (Å²) >= 11 is 1.64. The van der Waals surface area contributed by atoms with Gasteiger partial charge in [0.2, 0.25) is 0 Å². The third kappa shape index (κ3) is 1.24. The van der Waals surface area contributed by atoms with Crippen molar-refractivity contribution in [3.05, 3.63) is 42.6 Å². The topological polar surface area (TPSA) is 38.7 Å². The smallest absolute Gasteiger partial charge is 0.145 e. The summed E-state index contributed by atoms with van der Waals surface area (Å²) in [6.07, 6.45) is 1.80. The molecule has 0 spiro atoms. The first kappa shape index (κ1) is 9.01. The third-order valence-electron chi connectivity index (χ3n) is 2.74. The SMILES string of the molecule is c1ccc2nc3c(nc2c1)sc1cccnc13. The molecule has 0 atom stereocenters. The lowest BCUT2D eigenvalue weighted by atomic mass is 10.3.